The zero-order chi connectivity index (χ0) is 18.2. The predicted octanol–water partition coefficient (Wildman–Crippen LogP) is 5.69. The Morgan fingerprint density at radius 2 is 1.00 bits per heavy atom. The van der Waals surface area contributed by atoms with Gasteiger partial charge in [-0.2, -0.15) is 0 Å². The van der Waals surface area contributed by atoms with Crippen molar-refractivity contribution >= 4 is 56.6 Å². The molecule has 142 valence electrons. The summed E-state index contributed by atoms with van der Waals surface area (Å²) in [6.45, 7) is 4.55. The number of hydrogen-bond donors (Lipinski definition) is 0. The van der Waals surface area contributed by atoms with Gasteiger partial charge in [0.2, 0.25) is 0 Å². The summed E-state index contributed by atoms with van der Waals surface area (Å²) in [4.78, 5) is 4.74. The van der Waals surface area contributed by atoms with E-state index >= 15 is 0 Å². The lowest BCUT2D eigenvalue weighted by molar-refractivity contribution is 0.352. The van der Waals surface area contributed by atoms with Crippen molar-refractivity contribution in [2.45, 2.75) is 50.0 Å². The van der Waals surface area contributed by atoms with Crippen molar-refractivity contribution in [3.05, 3.63) is 35.4 Å². The van der Waals surface area contributed by atoms with Crippen molar-refractivity contribution in [1.29, 1.82) is 0 Å². The van der Waals surface area contributed by atoms with Gasteiger partial charge in [0.05, 0.1) is 0 Å². The molecule has 2 aliphatic heterocycles. The van der Waals surface area contributed by atoms with E-state index in [1.165, 1.54) is 49.7 Å². The monoisotopic (exact) mass is 424 g/mol. The summed E-state index contributed by atoms with van der Waals surface area (Å²) in [5.41, 5.74) is 2.70. The Labute approximate surface area is 177 Å². The SMILES string of the molecule is S=C(SCc1ccc(CSC(=S)N2CCCCC2)cc1)N1CCCCC1. The first-order chi connectivity index (χ1) is 12.7. The Bertz CT molecular complexity index is 537. The number of likely N-dealkylation sites (tertiary alicyclic amines) is 2. The van der Waals surface area contributed by atoms with Gasteiger partial charge < -0.3 is 9.80 Å². The smallest absolute Gasteiger partial charge is 0.136 e. The van der Waals surface area contributed by atoms with Crippen molar-refractivity contribution in [1.82, 2.24) is 9.80 Å². The third-order valence-electron chi connectivity index (χ3n) is 4.98. The van der Waals surface area contributed by atoms with Crippen LogP contribution in [-0.4, -0.2) is 44.6 Å². The molecule has 0 saturated carbocycles. The molecule has 2 aliphatic rings. The third kappa shape index (κ3) is 6.39. The average molecular weight is 425 g/mol. The molecule has 0 atom stereocenters. The number of rotatable bonds is 4. The molecule has 2 fully saturated rings. The van der Waals surface area contributed by atoms with E-state index in [2.05, 4.69) is 34.1 Å². The highest BCUT2D eigenvalue weighted by atomic mass is 32.2. The maximum atomic E-state index is 5.60. The maximum Gasteiger partial charge on any atom is 0.136 e. The van der Waals surface area contributed by atoms with Crippen LogP contribution in [0.1, 0.15) is 49.7 Å². The van der Waals surface area contributed by atoms with E-state index in [0.717, 1.165) is 46.3 Å². The lowest BCUT2D eigenvalue weighted by atomic mass is 10.1. The largest absolute Gasteiger partial charge is 0.358 e. The van der Waals surface area contributed by atoms with Crippen molar-refractivity contribution in [3.8, 4) is 0 Å². The molecular formula is C20H28N2S4. The summed E-state index contributed by atoms with van der Waals surface area (Å²) >= 11 is 14.8. The van der Waals surface area contributed by atoms with Crippen LogP contribution in [0.3, 0.4) is 0 Å². The summed E-state index contributed by atoms with van der Waals surface area (Å²) in [7, 11) is 0. The molecule has 2 nitrogen and oxygen atoms in total. The van der Waals surface area contributed by atoms with Crippen LogP contribution in [0.2, 0.25) is 0 Å². The minimum Gasteiger partial charge on any atom is -0.358 e. The van der Waals surface area contributed by atoms with E-state index in [4.69, 9.17) is 24.4 Å². The highest BCUT2D eigenvalue weighted by Gasteiger charge is 2.15. The fourth-order valence-corrected chi connectivity index (χ4v) is 5.77. The summed E-state index contributed by atoms with van der Waals surface area (Å²) in [6.07, 6.45) is 7.84. The van der Waals surface area contributed by atoms with E-state index in [1.807, 2.05) is 0 Å². The summed E-state index contributed by atoms with van der Waals surface area (Å²) in [6, 6.07) is 8.97. The Morgan fingerprint density at radius 3 is 1.35 bits per heavy atom. The molecule has 2 heterocycles. The number of benzene rings is 1. The minimum absolute atomic E-state index is 0.967. The summed E-state index contributed by atoms with van der Waals surface area (Å²) in [5, 5.41) is 0. The van der Waals surface area contributed by atoms with Gasteiger partial charge in [0.15, 0.2) is 0 Å². The van der Waals surface area contributed by atoms with Gasteiger partial charge in [0, 0.05) is 37.7 Å². The molecule has 1 aromatic carbocycles. The molecule has 0 aromatic heterocycles. The zero-order valence-electron chi connectivity index (χ0n) is 15.3. The Kier molecular flexibility index (Phi) is 8.56. The number of nitrogens with zero attached hydrogens (tertiary/aromatic N) is 2. The van der Waals surface area contributed by atoms with E-state index < -0.39 is 0 Å². The molecule has 3 rings (SSSR count). The van der Waals surface area contributed by atoms with E-state index in [1.54, 1.807) is 23.5 Å². The van der Waals surface area contributed by atoms with Crippen LogP contribution in [0.25, 0.3) is 0 Å². The Hall–Kier alpha value is -0.300. The van der Waals surface area contributed by atoms with Gasteiger partial charge in [-0.05, 0) is 49.7 Å². The fraction of sp³-hybridized carbons (Fsp3) is 0.600. The van der Waals surface area contributed by atoms with Crippen LogP contribution in [0.4, 0.5) is 0 Å². The lowest BCUT2D eigenvalue weighted by Gasteiger charge is -2.28. The number of thioether (sulfide) groups is 2. The van der Waals surface area contributed by atoms with Gasteiger partial charge in [-0.25, -0.2) is 0 Å². The first-order valence-corrected chi connectivity index (χ1v) is 12.4. The van der Waals surface area contributed by atoms with Gasteiger partial charge in [-0.1, -0.05) is 72.2 Å². The molecule has 0 bridgehead atoms. The second kappa shape index (κ2) is 10.9. The molecule has 0 spiro atoms. The standard InChI is InChI=1S/C20H28N2S4/c23-19(21-11-3-1-4-12-21)25-15-17-7-9-18(10-8-17)16-26-20(24)22-13-5-2-6-14-22/h7-10H,1-6,11-16H2. The number of piperidine rings is 2. The first-order valence-electron chi connectivity index (χ1n) is 9.63. The normalized spacial score (nSPS) is 18.0. The summed E-state index contributed by atoms with van der Waals surface area (Å²) < 4.78 is 2.13. The van der Waals surface area contributed by atoms with Gasteiger partial charge in [0.1, 0.15) is 8.64 Å². The van der Waals surface area contributed by atoms with Crippen molar-refractivity contribution in [3.63, 3.8) is 0 Å². The van der Waals surface area contributed by atoms with Crippen molar-refractivity contribution < 1.29 is 0 Å². The van der Waals surface area contributed by atoms with Crippen LogP contribution in [-0.2, 0) is 11.5 Å². The van der Waals surface area contributed by atoms with Gasteiger partial charge in [-0.3, -0.25) is 0 Å². The molecule has 0 aliphatic carbocycles. The quantitative estimate of drug-likeness (QED) is 0.568. The van der Waals surface area contributed by atoms with Crippen LogP contribution in [0, 0.1) is 0 Å². The molecule has 26 heavy (non-hydrogen) atoms. The van der Waals surface area contributed by atoms with Gasteiger partial charge in [0.25, 0.3) is 0 Å². The van der Waals surface area contributed by atoms with Crippen molar-refractivity contribution in [2.24, 2.45) is 0 Å². The molecule has 2 saturated heterocycles. The average Bonchev–Trinajstić information content (AvgIpc) is 2.72. The second-order valence-corrected chi connectivity index (χ2v) is 10.2. The molecule has 6 heteroatoms. The number of hydrogen-bond acceptors (Lipinski definition) is 4. The van der Waals surface area contributed by atoms with E-state index in [-0.39, 0.29) is 0 Å². The topological polar surface area (TPSA) is 6.48 Å². The van der Waals surface area contributed by atoms with Gasteiger partial charge in [-0.15, -0.1) is 0 Å². The highest BCUT2D eigenvalue weighted by Crippen LogP contribution is 2.23. The van der Waals surface area contributed by atoms with E-state index in [0.29, 0.717) is 0 Å². The highest BCUT2D eigenvalue weighted by molar-refractivity contribution is 8.22. The fourth-order valence-electron chi connectivity index (χ4n) is 3.36. The third-order valence-corrected chi connectivity index (χ3v) is 8.17. The molecular weight excluding hydrogens is 397 g/mol. The second-order valence-electron chi connectivity index (χ2n) is 7.02. The Morgan fingerprint density at radius 1 is 0.654 bits per heavy atom. The molecule has 0 unspecified atom stereocenters. The predicted molar refractivity (Wildman–Crippen MR) is 125 cm³/mol. The molecule has 1 aromatic rings. The summed E-state index contributed by atoms with van der Waals surface area (Å²) in [5.74, 6) is 1.93. The van der Waals surface area contributed by atoms with Crippen molar-refractivity contribution in [2.75, 3.05) is 26.2 Å². The van der Waals surface area contributed by atoms with Gasteiger partial charge >= 0.3 is 0 Å². The lowest BCUT2D eigenvalue weighted by Crippen LogP contribution is -2.32. The number of thiocarbonyl (C=S) groups is 2. The minimum atomic E-state index is 0.967. The van der Waals surface area contributed by atoms with E-state index in [9.17, 15) is 0 Å². The van der Waals surface area contributed by atoms with Crippen LogP contribution >= 0.6 is 48.0 Å². The maximum absolute atomic E-state index is 5.60. The Balaban J connectivity index is 1.40. The molecule has 0 amide bonds. The first kappa shape index (κ1) is 20.4. The van der Waals surface area contributed by atoms with Crippen LogP contribution in [0.5, 0.6) is 0 Å². The van der Waals surface area contributed by atoms with Crippen LogP contribution in [0.15, 0.2) is 24.3 Å². The molecule has 0 radical (unpaired) electrons. The zero-order valence-corrected chi connectivity index (χ0v) is 18.6. The molecule has 0 N–H and O–H groups in total. The van der Waals surface area contributed by atoms with Crippen LogP contribution < -0.4 is 0 Å².